The average Bonchev–Trinajstić information content (AvgIpc) is 3.85. The number of carbonyl (C=O) groups is 2. The van der Waals surface area contributed by atoms with E-state index in [2.05, 4.69) is 35.8 Å². The molecular weight excluding hydrogens is 593 g/mol. The number of hydrogen-bond acceptors (Lipinski definition) is 11. The lowest BCUT2D eigenvalue weighted by molar-refractivity contribution is -0.149. The summed E-state index contributed by atoms with van der Waals surface area (Å²) in [5, 5.41) is 8.92. The Balaban J connectivity index is 1.11. The van der Waals surface area contributed by atoms with Gasteiger partial charge in [0.15, 0.2) is 11.6 Å². The molecule has 2 aromatic heterocycles. The van der Waals surface area contributed by atoms with Gasteiger partial charge in [-0.1, -0.05) is 6.07 Å². The van der Waals surface area contributed by atoms with E-state index in [9.17, 15) is 9.59 Å². The highest BCUT2D eigenvalue weighted by molar-refractivity contribution is 5.84. The molecule has 3 aromatic rings. The van der Waals surface area contributed by atoms with Gasteiger partial charge in [-0.3, -0.25) is 9.69 Å². The van der Waals surface area contributed by atoms with Gasteiger partial charge in [-0.05, 0) is 82.7 Å². The second-order valence-corrected chi connectivity index (χ2v) is 12.5. The average molecular weight is 636 g/mol. The molecule has 1 saturated heterocycles. The molecule has 3 N–H and O–H groups in total. The van der Waals surface area contributed by atoms with Crippen LogP contribution < -0.4 is 20.7 Å². The van der Waals surface area contributed by atoms with Crippen molar-refractivity contribution in [3.63, 3.8) is 0 Å². The van der Waals surface area contributed by atoms with Crippen LogP contribution in [0, 0.1) is 5.82 Å². The summed E-state index contributed by atoms with van der Waals surface area (Å²) in [6.07, 6.45) is 8.13. The van der Waals surface area contributed by atoms with Gasteiger partial charge in [-0.2, -0.15) is 0 Å². The minimum absolute atomic E-state index is 0.151. The maximum absolute atomic E-state index is 15.5. The number of carbonyl (C=O) groups excluding carboxylic acids is 2. The van der Waals surface area contributed by atoms with E-state index in [1.54, 1.807) is 42.9 Å². The highest BCUT2D eigenvalue weighted by Crippen LogP contribution is 2.44. The highest BCUT2D eigenvalue weighted by atomic mass is 19.1. The Kier molecular flexibility index (Phi) is 10.2. The Labute approximate surface area is 268 Å². The third-order valence-corrected chi connectivity index (χ3v) is 7.91. The summed E-state index contributed by atoms with van der Waals surface area (Å²) in [6.45, 7) is 7.88. The summed E-state index contributed by atoms with van der Waals surface area (Å²) in [5.74, 6) is 0.429. The van der Waals surface area contributed by atoms with Crippen molar-refractivity contribution in [3.8, 4) is 16.9 Å². The number of nitrogens with one attached hydrogen (secondary N) is 3. The third kappa shape index (κ3) is 8.39. The standard InChI is InChI=1S/C33H42FN7O5/c1-32(2,3)46-31(43)37-15-6-14-36-30-38-20-23(21-39-30)22-9-16-35-27(19-22)40-25-7-5-8-26(28(25)34)45-24-10-17-41(18-11-24)33(12-13-33)29(42)44-4/h5,7-9,16,19-21,24H,6,10-15,17-18H2,1-4H3,(H,35,40)(H,37,43)(H,36,38,39). The van der Waals surface area contributed by atoms with E-state index in [1.165, 1.54) is 7.11 Å². The number of halogens is 1. The van der Waals surface area contributed by atoms with Gasteiger partial charge in [-0.25, -0.2) is 24.1 Å². The SMILES string of the molecule is COC(=O)C1(N2CCC(Oc3cccc(Nc4cc(-c5cnc(NCCCNC(=O)OC(C)(C)C)nc5)ccn4)c3F)CC2)CC1. The molecule has 0 bridgehead atoms. The van der Waals surface area contributed by atoms with Crippen LogP contribution in [-0.4, -0.2) is 82.4 Å². The quantitative estimate of drug-likeness (QED) is 0.177. The Hall–Kier alpha value is -4.52. The molecule has 0 spiro atoms. The highest BCUT2D eigenvalue weighted by Gasteiger charge is 2.56. The van der Waals surface area contributed by atoms with Crippen LogP contribution in [-0.2, 0) is 14.3 Å². The van der Waals surface area contributed by atoms with Crippen molar-refractivity contribution in [2.75, 3.05) is 43.9 Å². The number of pyridine rings is 1. The molecule has 5 rings (SSSR count). The number of hydrogen-bond donors (Lipinski definition) is 3. The number of ether oxygens (including phenoxy) is 3. The van der Waals surface area contributed by atoms with E-state index in [-0.39, 0.29) is 23.5 Å². The zero-order chi connectivity index (χ0) is 32.7. The molecule has 1 amide bonds. The molecule has 1 saturated carbocycles. The lowest BCUT2D eigenvalue weighted by Gasteiger charge is -2.36. The normalized spacial score (nSPS) is 16.3. The molecule has 12 nitrogen and oxygen atoms in total. The fraction of sp³-hybridized carbons (Fsp3) is 0.485. The van der Waals surface area contributed by atoms with Crippen LogP contribution in [0.5, 0.6) is 5.75 Å². The van der Waals surface area contributed by atoms with Crippen molar-refractivity contribution >= 4 is 29.5 Å². The number of likely N-dealkylation sites (tertiary alicyclic amines) is 1. The molecule has 13 heteroatoms. The number of methoxy groups -OCH3 is 1. The number of esters is 1. The molecule has 246 valence electrons. The fourth-order valence-corrected chi connectivity index (χ4v) is 5.42. The van der Waals surface area contributed by atoms with Crippen LogP contribution in [0.25, 0.3) is 11.1 Å². The largest absolute Gasteiger partial charge is 0.487 e. The third-order valence-electron chi connectivity index (χ3n) is 7.91. The maximum Gasteiger partial charge on any atom is 0.407 e. The first-order valence-electron chi connectivity index (χ1n) is 15.6. The van der Waals surface area contributed by atoms with Crippen LogP contribution in [0.15, 0.2) is 48.9 Å². The van der Waals surface area contributed by atoms with Crippen molar-refractivity contribution in [2.24, 2.45) is 0 Å². The van der Waals surface area contributed by atoms with Gasteiger partial charge < -0.3 is 30.2 Å². The summed E-state index contributed by atoms with van der Waals surface area (Å²) in [7, 11) is 1.43. The maximum atomic E-state index is 15.5. The van der Waals surface area contributed by atoms with E-state index in [0.717, 1.165) is 24.0 Å². The lowest BCUT2D eigenvalue weighted by Crippen LogP contribution is -2.49. The van der Waals surface area contributed by atoms with Crippen molar-refractivity contribution in [1.82, 2.24) is 25.2 Å². The van der Waals surface area contributed by atoms with Gasteiger partial charge in [0.25, 0.3) is 0 Å². The molecule has 2 fully saturated rings. The molecule has 0 atom stereocenters. The number of alkyl carbamates (subject to hydrolysis) is 1. The summed E-state index contributed by atoms with van der Waals surface area (Å²) in [5.41, 5.74) is 0.815. The van der Waals surface area contributed by atoms with Gasteiger partial charge in [0.05, 0.1) is 12.8 Å². The molecule has 1 aromatic carbocycles. The molecule has 2 aliphatic rings. The minimum Gasteiger partial charge on any atom is -0.487 e. The number of nitrogens with zero attached hydrogens (tertiary/aromatic N) is 4. The molecule has 0 unspecified atom stereocenters. The van der Waals surface area contributed by atoms with E-state index in [1.807, 2.05) is 26.8 Å². The van der Waals surface area contributed by atoms with Gasteiger partial charge in [0.1, 0.15) is 23.1 Å². The van der Waals surface area contributed by atoms with Crippen molar-refractivity contribution < 1.29 is 28.2 Å². The van der Waals surface area contributed by atoms with E-state index < -0.39 is 23.1 Å². The monoisotopic (exact) mass is 635 g/mol. The number of rotatable bonds is 12. The molecule has 46 heavy (non-hydrogen) atoms. The first-order chi connectivity index (χ1) is 22.1. The number of benzene rings is 1. The van der Waals surface area contributed by atoms with Crippen molar-refractivity contribution in [2.45, 2.75) is 70.1 Å². The van der Waals surface area contributed by atoms with Gasteiger partial charge >= 0.3 is 12.1 Å². The minimum atomic E-state index is -0.534. The Morgan fingerprint density at radius 1 is 1.04 bits per heavy atom. The van der Waals surface area contributed by atoms with Gasteiger partial charge in [-0.15, -0.1) is 0 Å². The molecular formula is C33H42FN7O5. The summed E-state index contributed by atoms with van der Waals surface area (Å²) in [4.78, 5) is 39.3. The number of amides is 1. The Bertz CT molecular complexity index is 1500. The van der Waals surface area contributed by atoms with Crippen LogP contribution in [0.1, 0.15) is 52.9 Å². The topological polar surface area (TPSA) is 140 Å². The van der Waals surface area contributed by atoms with Crippen LogP contribution in [0.3, 0.4) is 0 Å². The first-order valence-corrected chi connectivity index (χ1v) is 15.6. The van der Waals surface area contributed by atoms with Crippen LogP contribution in [0.4, 0.5) is 26.6 Å². The summed E-state index contributed by atoms with van der Waals surface area (Å²) >= 11 is 0. The molecule has 1 aliphatic carbocycles. The smallest absolute Gasteiger partial charge is 0.407 e. The van der Waals surface area contributed by atoms with E-state index in [0.29, 0.717) is 57.2 Å². The first kappa shape index (κ1) is 32.9. The summed E-state index contributed by atoms with van der Waals surface area (Å²) in [6, 6.07) is 8.62. The summed E-state index contributed by atoms with van der Waals surface area (Å²) < 4.78 is 31.8. The van der Waals surface area contributed by atoms with E-state index in [4.69, 9.17) is 14.2 Å². The Morgan fingerprint density at radius 2 is 1.78 bits per heavy atom. The predicted octanol–water partition coefficient (Wildman–Crippen LogP) is 5.30. The second-order valence-electron chi connectivity index (χ2n) is 12.5. The van der Waals surface area contributed by atoms with Crippen LogP contribution in [0.2, 0.25) is 0 Å². The Morgan fingerprint density at radius 3 is 2.46 bits per heavy atom. The van der Waals surface area contributed by atoms with Gasteiger partial charge in [0.2, 0.25) is 5.95 Å². The zero-order valence-corrected chi connectivity index (χ0v) is 26.8. The second kappa shape index (κ2) is 14.3. The molecule has 3 heterocycles. The zero-order valence-electron chi connectivity index (χ0n) is 26.8. The predicted molar refractivity (Wildman–Crippen MR) is 171 cm³/mol. The molecule has 0 radical (unpaired) electrons. The van der Waals surface area contributed by atoms with E-state index >= 15 is 4.39 Å². The van der Waals surface area contributed by atoms with Crippen molar-refractivity contribution in [1.29, 1.82) is 0 Å². The molecule has 1 aliphatic heterocycles. The van der Waals surface area contributed by atoms with Gasteiger partial charge in [0, 0.05) is 50.3 Å². The fourth-order valence-electron chi connectivity index (χ4n) is 5.42. The van der Waals surface area contributed by atoms with Crippen LogP contribution >= 0.6 is 0 Å². The number of aromatic nitrogens is 3. The number of piperidine rings is 1. The lowest BCUT2D eigenvalue weighted by atomic mass is 10.0. The number of anilines is 3. The van der Waals surface area contributed by atoms with Crippen molar-refractivity contribution in [3.05, 3.63) is 54.7 Å².